The number of esters is 1. The first-order valence-electron chi connectivity index (χ1n) is 12.3. The van der Waals surface area contributed by atoms with Gasteiger partial charge in [-0.1, -0.05) is 0 Å². The summed E-state index contributed by atoms with van der Waals surface area (Å²) in [5.74, 6) is -0.309. The molecule has 1 aromatic carbocycles. The molecule has 1 aliphatic rings. The number of hydrogen-bond donors (Lipinski definition) is 2. The molecule has 0 saturated carbocycles. The molecule has 0 radical (unpaired) electrons. The number of benzene rings is 1. The monoisotopic (exact) mass is 531 g/mol. The molecule has 12 heteroatoms. The lowest BCUT2D eigenvalue weighted by Gasteiger charge is -2.28. The third-order valence-corrected chi connectivity index (χ3v) is 5.88. The third kappa shape index (κ3) is 5.79. The molecule has 2 aromatic heterocycles. The highest BCUT2D eigenvalue weighted by atomic mass is 19.1. The van der Waals surface area contributed by atoms with Crippen LogP contribution in [-0.2, 0) is 15.9 Å². The Labute approximate surface area is 218 Å². The first-order valence-corrected chi connectivity index (χ1v) is 12.3. The van der Waals surface area contributed by atoms with Crippen LogP contribution in [0.3, 0.4) is 0 Å². The lowest BCUT2D eigenvalue weighted by Crippen LogP contribution is -2.49. The fraction of sp³-hybridized carbons (Fsp3) is 0.462. The van der Waals surface area contributed by atoms with Crippen LogP contribution in [-0.4, -0.2) is 57.7 Å². The van der Waals surface area contributed by atoms with Crippen LogP contribution in [0, 0.1) is 5.82 Å². The predicted molar refractivity (Wildman–Crippen MR) is 135 cm³/mol. The van der Waals surface area contributed by atoms with Crippen molar-refractivity contribution >= 4 is 23.5 Å². The molecule has 1 amide bonds. The van der Waals surface area contributed by atoms with Crippen LogP contribution in [0.2, 0.25) is 0 Å². The van der Waals surface area contributed by atoms with E-state index >= 15 is 0 Å². The minimum Gasteiger partial charge on any atom is -0.482 e. The van der Waals surface area contributed by atoms with Gasteiger partial charge in [0.15, 0.2) is 11.2 Å². The summed E-state index contributed by atoms with van der Waals surface area (Å²) in [6.45, 7) is 7.80. The van der Waals surface area contributed by atoms with Gasteiger partial charge in [-0.05, 0) is 52.8 Å². The zero-order valence-corrected chi connectivity index (χ0v) is 21.9. The Hall–Kier alpha value is -3.96. The van der Waals surface area contributed by atoms with Gasteiger partial charge in [-0.25, -0.2) is 27.9 Å². The minimum atomic E-state index is -1.40. The van der Waals surface area contributed by atoms with Crippen LogP contribution in [0.4, 0.5) is 19.4 Å². The lowest BCUT2D eigenvalue weighted by atomic mass is 9.96. The summed E-state index contributed by atoms with van der Waals surface area (Å²) in [4.78, 5) is 28.8. The normalized spacial score (nSPS) is 17.4. The number of nitrogens with one attached hydrogen (secondary N) is 2. The molecular formula is C26H31F2N5O5. The van der Waals surface area contributed by atoms with E-state index in [1.54, 1.807) is 46.9 Å². The third-order valence-electron chi connectivity index (χ3n) is 5.88. The Balaban J connectivity index is 1.55. The molecule has 1 aliphatic heterocycles. The molecule has 2 unspecified atom stereocenters. The number of carbonyl (C=O) groups is 2. The molecule has 0 saturated heterocycles. The van der Waals surface area contributed by atoms with Gasteiger partial charge < -0.3 is 24.8 Å². The van der Waals surface area contributed by atoms with E-state index in [0.717, 1.165) is 0 Å². The average Bonchev–Trinajstić information content (AvgIpc) is 3.43. The number of halogens is 2. The summed E-state index contributed by atoms with van der Waals surface area (Å²) in [6, 6.07) is 3.76. The largest absolute Gasteiger partial charge is 0.482 e. The van der Waals surface area contributed by atoms with Gasteiger partial charge in [0.25, 0.3) is 0 Å². The number of fused-ring (bicyclic) bond motifs is 2. The zero-order valence-electron chi connectivity index (χ0n) is 21.9. The Bertz CT molecular complexity index is 1360. The Morgan fingerprint density at radius 3 is 2.76 bits per heavy atom. The predicted octanol–water partition coefficient (Wildman–Crippen LogP) is 4.39. The van der Waals surface area contributed by atoms with Crippen LogP contribution in [0.1, 0.15) is 62.1 Å². The van der Waals surface area contributed by atoms with E-state index in [-0.39, 0.29) is 25.1 Å². The molecule has 38 heavy (non-hydrogen) atoms. The van der Waals surface area contributed by atoms with Crippen molar-refractivity contribution in [2.45, 2.75) is 58.3 Å². The van der Waals surface area contributed by atoms with Crippen molar-refractivity contribution in [1.82, 2.24) is 19.9 Å². The molecule has 0 bridgehead atoms. The zero-order chi connectivity index (χ0) is 27.7. The number of aromatic nitrogens is 3. The fourth-order valence-electron chi connectivity index (χ4n) is 4.22. The first kappa shape index (κ1) is 27.1. The van der Waals surface area contributed by atoms with Gasteiger partial charge in [0.2, 0.25) is 0 Å². The standard InChI is InChI=1S/C26H31F2N5O5/c1-6-36-23(34)19-12-30-33-8-7-20(32-22(19)33)31-15(2)18-10-17(28)9-16-11-26(13-27,37-21(16)18)14-29-24(35)38-25(3,4)5/h7-10,12,15H,6,11,13-14H2,1-5H3,(H,29,35)(H,31,32). The van der Waals surface area contributed by atoms with Crippen molar-refractivity contribution in [3.8, 4) is 5.75 Å². The van der Waals surface area contributed by atoms with Crippen molar-refractivity contribution < 1.29 is 32.6 Å². The van der Waals surface area contributed by atoms with Crippen LogP contribution >= 0.6 is 0 Å². The van der Waals surface area contributed by atoms with Crippen LogP contribution in [0.5, 0.6) is 5.75 Å². The molecule has 10 nitrogen and oxygen atoms in total. The van der Waals surface area contributed by atoms with Crippen molar-refractivity contribution in [2.24, 2.45) is 0 Å². The number of amides is 1. The highest BCUT2D eigenvalue weighted by molar-refractivity contribution is 5.95. The molecule has 0 aliphatic carbocycles. The highest BCUT2D eigenvalue weighted by Crippen LogP contribution is 2.42. The summed E-state index contributed by atoms with van der Waals surface area (Å²) < 4.78 is 46.7. The highest BCUT2D eigenvalue weighted by Gasteiger charge is 2.42. The van der Waals surface area contributed by atoms with Crippen LogP contribution < -0.4 is 15.4 Å². The summed E-state index contributed by atoms with van der Waals surface area (Å²) in [6.07, 6.45) is 2.37. The number of anilines is 1. The number of nitrogens with zero attached hydrogens (tertiary/aromatic N) is 3. The van der Waals surface area contributed by atoms with Crippen molar-refractivity contribution in [3.63, 3.8) is 0 Å². The smallest absolute Gasteiger partial charge is 0.407 e. The first-order chi connectivity index (χ1) is 17.9. The molecule has 3 heterocycles. The maximum atomic E-state index is 14.6. The van der Waals surface area contributed by atoms with E-state index in [9.17, 15) is 18.4 Å². The molecule has 0 spiro atoms. The maximum absolute atomic E-state index is 14.6. The number of hydrogen-bond acceptors (Lipinski definition) is 8. The molecular weight excluding hydrogens is 500 g/mol. The molecule has 204 valence electrons. The quantitative estimate of drug-likeness (QED) is 0.412. The van der Waals surface area contributed by atoms with Crippen LogP contribution in [0.15, 0.2) is 30.6 Å². The second kappa shape index (κ2) is 10.4. The Kier molecular flexibility index (Phi) is 7.43. The van der Waals surface area contributed by atoms with E-state index in [0.29, 0.717) is 28.3 Å². The number of rotatable bonds is 8. The topological polar surface area (TPSA) is 116 Å². The van der Waals surface area contributed by atoms with Gasteiger partial charge >= 0.3 is 12.1 Å². The summed E-state index contributed by atoms with van der Waals surface area (Å²) >= 11 is 0. The molecule has 0 fully saturated rings. The summed E-state index contributed by atoms with van der Waals surface area (Å²) in [5, 5.41) is 9.85. The van der Waals surface area contributed by atoms with E-state index in [2.05, 4.69) is 20.7 Å². The van der Waals surface area contributed by atoms with E-state index < -0.39 is 41.8 Å². The van der Waals surface area contributed by atoms with Crippen molar-refractivity contribution in [1.29, 1.82) is 0 Å². The maximum Gasteiger partial charge on any atom is 0.407 e. The van der Waals surface area contributed by atoms with Crippen molar-refractivity contribution in [3.05, 3.63) is 53.1 Å². The van der Waals surface area contributed by atoms with Gasteiger partial charge in [0.1, 0.15) is 35.2 Å². The van der Waals surface area contributed by atoms with E-state index in [1.807, 2.05) is 0 Å². The molecule has 3 aromatic rings. The molecule has 2 atom stereocenters. The Morgan fingerprint density at radius 2 is 2.08 bits per heavy atom. The number of alkyl carbamates (subject to hydrolysis) is 1. The minimum absolute atomic E-state index is 0.0645. The summed E-state index contributed by atoms with van der Waals surface area (Å²) in [5.41, 5.74) is -0.663. The molecule has 4 rings (SSSR count). The Morgan fingerprint density at radius 1 is 1.32 bits per heavy atom. The van der Waals surface area contributed by atoms with Crippen LogP contribution in [0.25, 0.3) is 5.65 Å². The van der Waals surface area contributed by atoms with Gasteiger partial charge in [0, 0.05) is 23.7 Å². The molecule has 2 N–H and O–H groups in total. The second-order valence-electron chi connectivity index (χ2n) is 10.2. The van der Waals surface area contributed by atoms with Gasteiger partial charge in [-0.2, -0.15) is 5.10 Å². The van der Waals surface area contributed by atoms with Gasteiger partial charge in [0.05, 0.1) is 25.4 Å². The van der Waals surface area contributed by atoms with E-state index in [1.165, 1.54) is 22.8 Å². The summed E-state index contributed by atoms with van der Waals surface area (Å²) in [7, 11) is 0. The SMILES string of the molecule is CCOC(=O)c1cnn2ccc(NC(C)c3cc(F)cc4c3OC(CF)(CNC(=O)OC(C)(C)C)C4)nc12. The van der Waals surface area contributed by atoms with Gasteiger partial charge in [-0.3, -0.25) is 0 Å². The lowest BCUT2D eigenvalue weighted by molar-refractivity contribution is 0.0352. The van der Waals surface area contributed by atoms with Crippen molar-refractivity contribution in [2.75, 3.05) is 25.1 Å². The number of carbonyl (C=O) groups excluding carboxylic acids is 2. The second-order valence-corrected chi connectivity index (χ2v) is 10.2. The number of ether oxygens (including phenoxy) is 3. The van der Waals surface area contributed by atoms with E-state index in [4.69, 9.17) is 14.2 Å². The number of alkyl halides is 1. The fourth-order valence-corrected chi connectivity index (χ4v) is 4.22. The average molecular weight is 532 g/mol. The van der Waals surface area contributed by atoms with Gasteiger partial charge in [-0.15, -0.1) is 0 Å².